The summed E-state index contributed by atoms with van der Waals surface area (Å²) in [5.41, 5.74) is -2.03. The van der Waals surface area contributed by atoms with Gasteiger partial charge >= 0.3 is 5.97 Å². The lowest BCUT2D eigenvalue weighted by molar-refractivity contribution is -0.199. The summed E-state index contributed by atoms with van der Waals surface area (Å²) in [5, 5.41) is 9.99. The first-order valence-electron chi connectivity index (χ1n) is 14.2. The number of carbonyl (C=O) groups is 1. The van der Waals surface area contributed by atoms with Gasteiger partial charge in [-0.3, -0.25) is 4.79 Å². The van der Waals surface area contributed by atoms with Crippen LogP contribution in [0, 0.1) is 22.6 Å². The minimum atomic E-state index is -3.08. The molecule has 0 amide bonds. The van der Waals surface area contributed by atoms with Crippen LogP contribution in [0.5, 0.6) is 11.5 Å². The molecule has 0 radical (unpaired) electrons. The Morgan fingerprint density at radius 1 is 1.16 bits per heavy atom. The first-order valence-corrected chi connectivity index (χ1v) is 15.9. The van der Waals surface area contributed by atoms with Crippen LogP contribution in [0.1, 0.15) is 51.4 Å². The second kappa shape index (κ2) is 11.5. The van der Waals surface area contributed by atoms with Crippen LogP contribution >= 0.6 is 23.8 Å². The Kier molecular flexibility index (Phi) is 8.19. The fourth-order valence-electron chi connectivity index (χ4n) is 6.26. The zero-order chi connectivity index (χ0) is 30.6. The van der Waals surface area contributed by atoms with E-state index in [1.165, 1.54) is 43.2 Å². The molecule has 6 rings (SSSR count). The van der Waals surface area contributed by atoms with Crippen LogP contribution in [-0.2, 0) is 4.79 Å². The second-order valence-electron chi connectivity index (χ2n) is 12.3. The fraction of sp³-hybridized carbons (Fsp3) is 0.567. The van der Waals surface area contributed by atoms with Gasteiger partial charge in [0.1, 0.15) is 23.6 Å². The number of carboxylic acids is 1. The number of hydrogen-bond donors (Lipinski definition) is 1. The van der Waals surface area contributed by atoms with Crippen molar-refractivity contribution >= 4 is 41.1 Å². The van der Waals surface area contributed by atoms with Gasteiger partial charge in [-0.2, -0.15) is 0 Å². The molecule has 0 aromatic heterocycles. The minimum Gasteiger partial charge on any atom is -0.491 e. The quantitative estimate of drug-likeness (QED) is 0.204. The summed E-state index contributed by atoms with van der Waals surface area (Å²) >= 11 is 2.04. The molecule has 13 heteroatoms. The van der Waals surface area contributed by atoms with Gasteiger partial charge in [-0.15, -0.1) is 11.8 Å². The molecular weight excluding hydrogens is 616 g/mol. The number of fused-ring (bicyclic) bond motifs is 1. The first-order chi connectivity index (χ1) is 20.4. The van der Waals surface area contributed by atoms with Crippen molar-refractivity contribution in [2.75, 3.05) is 18.1 Å². The molecule has 5 nitrogen and oxygen atoms in total. The molecule has 3 fully saturated rings. The molecule has 2 unspecified atom stereocenters. The van der Waals surface area contributed by atoms with Gasteiger partial charge in [-0.05, 0) is 67.9 Å². The standard InChI is InChI=1S/C30H31F6NO4S2/c31-18-2-4-19(5-3-18)37-13-17(1-6-25(32)33)26(34)43-41-22-10-23(40-16-29(27(38)39)14-30(35,36)15-29)24(9-21(22)37)42-20-11-28(12-20)7-8-28/h2-5,9-10,17,20,25-26H,1,6-8,11-16H2,(H,38,39). The molecule has 1 spiro atoms. The number of carboxylic acid groups (broad SMARTS) is 1. The highest BCUT2D eigenvalue weighted by molar-refractivity contribution is 8.00. The van der Waals surface area contributed by atoms with Gasteiger partial charge in [0.2, 0.25) is 6.43 Å². The predicted molar refractivity (Wildman–Crippen MR) is 152 cm³/mol. The summed E-state index contributed by atoms with van der Waals surface area (Å²) in [5.74, 6) is -5.35. The van der Waals surface area contributed by atoms with Crippen LogP contribution in [0.25, 0.3) is 0 Å². The molecule has 2 atom stereocenters. The summed E-state index contributed by atoms with van der Waals surface area (Å²) in [6.07, 6.45) is -0.473. The van der Waals surface area contributed by atoms with E-state index in [1.54, 1.807) is 22.7 Å². The first kappa shape index (κ1) is 30.6. The van der Waals surface area contributed by atoms with E-state index < -0.39 is 66.8 Å². The molecule has 1 heterocycles. The normalized spacial score (nSPS) is 25.1. The lowest BCUT2D eigenvalue weighted by Gasteiger charge is -2.43. The number of nitrogens with zero attached hydrogens (tertiary/aromatic N) is 1. The highest BCUT2D eigenvalue weighted by Crippen LogP contribution is 2.65. The van der Waals surface area contributed by atoms with Crippen molar-refractivity contribution in [1.82, 2.24) is 0 Å². The van der Waals surface area contributed by atoms with Crippen molar-refractivity contribution in [2.24, 2.45) is 16.7 Å². The predicted octanol–water partition coefficient (Wildman–Crippen LogP) is 8.88. The monoisotopic (exact) mass is 647 g/mol. The number of ether oxygens (including phenoxy) is 1. The molecule has 4 aliphatic rings. The Labute approximate surface area is 253 Å². The van der Waals surface area contributed by atoms with Crippen LogP contribution in [0.15, 0.2) is 41.3 Å². The van der Waals surface area contributed by atoms with Crippen molar-refractivity contribution < 1.29 is 45.2 Å². The second-order valence-corrected chi connectivity index (χ2v) is 14.5. The summed E-state index contributed by atoms with van der Waals surface area (Å²) in [7, 11) is 0. The van der Waals surface area contributed by atoms with E-state index in [0.717, 1.165) is 12.8 Å². The Balaban J connectivity index is 1.36. The summed E-state index contributed by atoms with van der Waals surface area (Å²) in [6.45, 7) is -0.466. The van der Waals surface area contributed by atoms with E-state index in [0.29, 0.717) is 33.7 Å². The molecule has 2 aromatic carbocycles. The van der Waals surface area contributed by atoms with E-state index in [9.17, 15) is 31.9 Å². The average molecular weight is 648 g/mol. The lowest BCUT2D eigenvalue weighted by atomic mass is 9.66. The maximum Gasteiger partial charge on any atom is 0.313 e. The highest BCUT2D eigenvalue weighted by Gasteiger charge is 2.62. The molecule has 3 aliphatic carbocycles. The van der Waals surface area contributed by atoms with E-state index >= 15 is 4.39 Å². The number of benzene rings is 2. The summed E-state index contributed by atoms with van der Waals surface area (Å²) < 4.78 is 94.6. The minimum absolute atomic E-state index is 0.0109. The Morgan fingerprint density at radius 3 is 2.47 bits per heavy atom. The number of hydrogen-bond acceptors (Lipinski definition) is 6. The van der Waals surface area contributed by atoms with E-state index in [1.807, 2.05) is 0 Å². The van der Waals surface area contributed by atoms with Crippen molar-refractivity contribution in [3.05, 3.63) is 42.2 Å². The molecule has 2 aromatic rings. The number of aliphatic carboxylic acids is 1. The maximum absolute atomic E-state index is 15.3. The molecule has 0 bridgehead atoms. The molecule has 1 aliphatic heterocycles. The van der Waals surface area contributed by atoms with Gasteiger partial charge in [0, 0.05) is 48.7 Å². The zero-order valence-corrected chi connectivity index (χ0v) is 24.7. The largest absolute Gasteiger partial charge is 0.491 e. The van der Waals surface area contributed by atoms with Crippen molar-refractivity contribution in [3.8, 4) is 11.5 Å². The summed E-state index contributed by atoms with van der Waals surface area (Å²) in [6, 6.07) is 8.80. The van der Waals surface area contributed by atoms with Gasteiger partial charge in [-0.1, -0.05) is 0 Å². The van der Waals surface area contributed by atoms with Gasteiger partial charge in [0.05, 0.1) is 22.6 Å². The van der Waals surface area contributed by atoms with Crippen LogP contribution in [0.3, 0.4) is 0 Å². The topological polar surface area (TPSA) is 59.0 Å². The van der Waals surface area contributed by atoms with Crippen LogP contribution in [0.4, 0.5) is 37.7 Å². The molecular formula is C30H31F6NO4S2. The van der Waals surface area contributed by atoms with Gasteiger partial charge in [0.15, 0.2) is 11.3 Å². The smallest absolute Gasteiger partial charge is 0.313 e. The third-order valence-corrected chi connectivity index (χ3v) is 11.0. The SMILES string of the molecule is O=C(O)C1(COc2cc3c(cc2SC2CC4(CC4)C2)N(c2ccc(F)cc2)CC(CCC(F)F)C(F)SO3)CC(F)(F)C1. The molecule has 43 heavy (non-hydrogen) atoms. The number of anilines is 2. The van der Waals surface area contributed by atoms with Gasteiger partial charge in [0.25, 0.3) is 5.92 Å². The molecule has 3 saturated carbocycles. The van der Waals surface area contributed by atoms with Crippen molar-refractivity contribution in [3.63, 3.8) is 0 Å². The van der Waals surface area contributed by atoms with Crippen LogP contribution in [-0.4, -0.2) is 47.3 Å². The van der Waals surface area contributed by atoms with Gasteiger partial charge in [-0.25, -0.2) is 26.3 Å². The highest BCUT2D eigenvalue weighted by atomic mass is 32.2. The van der Waals surface area contributed by atoms with Crippen LogP contribution in [0.2, 0.25) is 0 Å². The van der Waals surface area contributed by atoms with E-state index in [2.05, 4.69) is 0 Å². The molecule has 234 valence electrons. The number of rotatable bonds is 10. The Morgan fingerprint density at radius 2 is 1.86 bits per heavy atom. The fourth-order valence-corrected chi connectivity index (χ4v) is 8.61. The third kappa shape index (κ3) is 6.53. The third-order valence-electron chi connectivity index (χ3n) is 8.95. The number of alkyl halides is 5. The van der Waals surface area contributed by atoms with Crippen molar-refractivity contribution in [1.29, 1.82) is 0 Å². The van der Waals surface area contributed by atoms with E-state index in [-0.39, 0.29) is 29.7 Å². The van der Waals surface area contributed by atoms with E-state index in [4.69, 9.17) is 8.92 Å². The Hall–Kier alpha value is -2.41. The zero-order valence-electron chi connectivity index (χ0n) is 23.0. The number of thioether (sulfide) groups is 1. The average Bonchev–Trinajstić information content (AvgIpc) is 3.70. The van der Waals surface area contributed by atoms with Gasteiger partial charge < -0.3 is 18.9 Å². The van der Waals surface area contributed by atoms with Crippen molar-refractivity contribution in [2.45, 2.75) is 79.4 Å². The van der Waals surface area contributed by atoms with Crippen LogP contribution < -0.4 is 13.8 Å². The summed E-state index contributed by atoms with van der Waals surface area (Å²) in [4.78, 5) is 14.3. The molecule has 0 saturated heterocycles. The molecule has 1 N–H and O–H groups in total. The lowest BCUT2D eigenvalue weighted by Crippen LogP contribution is -2.54. The maximum atomic E-state index is 15.3. The Bertz CT molecular complexity index is 1340. The number of halogens is 6.